The van der Waals surface area contributed by atoms with Crippen LogP contribution in [0, 0.1) is 18.3 Å². The van der Waals surface area contributed by atoms with Crippen LogP contribution in [0.25, 0.3) is 0 Å². The molecule has 1 aromatic rings. The maximum Gasteiger partial charge on any atom is 0.274 e. The van der Waals surface area contributed by atoms with E-state index in [4.69, 9.17) is 13.3 Å². The fourth-order valence-corrected chi connectivity index (χ4v) is 6.59. The highest BCUT2D eigenvalue weighted by Crippen LogP contribution is 2.59. The van der Waals surface area contributed by atoms with Crippen LogP contribution in [0.15, 0.2) is 16.1 Å². The van der Waals surface area contributed by atoms with Crippen molar-refractivity contribution in [1.82, 2.24) is 0 Å². The molecule has 0 N–H and O–H groups in total. The standard InChI is InChI=1S/C24H42O3Si2/c1-16-13-12-14-18-15-19-20(21(24(16,18)6)26-28(7,8)9)17(2)22(25-19)27-29(10,11)23(3,4)5/h14,16,21H,12-13,15H2,1-11H3/t16-,21+,24+/m0/s1. The molecule has 0 fully saturated rings. The first kappa shape index (κ1) is 22.9. The molecule has 0 saturated carbocycles. The van der Waals surface area contributed by atoms with Crippen LogP contribution in [-0.4, -0.2) is 16.6 Å². The van der Waals surface area contributed by atoms with Crippen LogP contribution in [0.3, 0.4) is 0 Å². The molecule has 2 aliphatic rings. The van der Waals surface area contributed by atoms with Gasteiger partial charge in [-0.15, -0.1) is 0 Å². The minimum Gasteiger partial charge on any atom is -0.518 e. The van der Waals surface area contributed by atoms with Crippen molar-refractivity contribution >= 4 is 16.6 Å². The van der Waals surface area contributed by atoms with Gasteiger partial charge < -0.3 is 13.3 Å². The van der Waals surface area contributed by atoms with Crippen molar-refractivity contribution in [3.63, 3.8) is 0 Å². The molecule has 2 aliphatic carbocycles. The monoisotopic (exact) mass is 434 g/mol. The molecule has 0 bridgehead atoms. The summed E-state index contributed by atoms with van der Waals surface area (Å²) in [6.45, 7) is 25.3. The molecule has 29 heavy (non-hydrogen) atoms. The summed E-state index contributed by atoms with van der Waals surface area (Å²) >= 11 is 0. The number of hydrogen-bond acceptors (Lipinski definition) is 3. The highest BCUT2D eigenvalue weighted by atomic mass is 28.4. The zero-order valence-electron chi connectivity index (χ0n) is 20.6. The van der Waals surface area contributed by atoms with Crippen molar-refractivity contribution in [2.24, 2.45) is 11.3 Å². The van der Waals surface area contributed by atoms with Crippen molar-refractivity contribution in [2.75, 3.05) is 0 Å². The number of fused-ring (bicyclic) bond motifs is 2. The Morgan fingerprint density at radius 2 is 1.76 bits per heavy atom. The molecule has 1 aromatic heterocycles. The van der Waals surface area contributed by atoms with E-state index in [1.54, 1.807) is 0 Å². The summed E-state index contributed by atoms with van der Waals surface area (Å²) in [5.74, 6) is 2.40. The van der Waals surface area contributed by atoms with Gasteiger partial charge >= 0.3 is 0 Å². The normalized spacial score (nSPS) is 27.9. The fraction of sp³-hybridized carbons (Fsp3) is 0.750. The SMILES string of the molecule is Cc1c(O[Si](C)(C)C(C)(C)C)oc2c1[C@@H](O[Si](C)(C)C)[C@@]1(C)C(=CCC[C@@H]1C)C2. The van der Waals surface area contributed by atoms with Crippen LogP contribution in [-0.2, 0) is 10.8 Å². The van der Waals surface area contributed by atoms with Gasteiger partial charge in [-0.25, -0.2) is 0 Å². The summed E-state index contributed by atoms with van der Waals surface area (Å²) in [5.41, 5.74) is 3.97. The molecular formula is C24H42O3Si2. The first-order valence-corrected chi connectivity index (χ1v) is 17.6. The second-order valence-corrected chi connectivity index (χ2v) is 21.2. The molecule has 164 valence electrons. The second kappa shape index (κ2) is 7.13. The predicted octanol–water partition coefficient (Wildman–Crippen LogP) is 7.78. The number of hydrogen-bond donors (Lipinski definition) is 0. The minimum absolute atomic E-state index is 0.0361. The van der Waals surface area contributed by atoms with E-state index in [0.717, 1.165) is 30.1 Å². The Balaban J connectivity index is 2.13. The van der Waals surface area contributed by atoms with Crippen LogP contribution in [0.5, 0.6) is 5.95 Å². The molecule has 3 nitrogen and oxygen atoms in total. The number of allylic oxidation sites excluding steroid dienone is 1. The predicted molar refractivity (Wildman–Crippen MR) is 127 cm³/mol. The van der Waals surface area contributed by atoms with Crippen LogP contribution < -0.4 is 4.43 Å². The molecule has 1 heterocycles. The molecule has 0 amide bonds. The van der Waals surface area contributed by atoms with Crippen molar-refractivity contribution in [3.8, 4) is 5.95 Å². The van der Waals surface area contributed by atoms with Gasteiger partial charge in [0.2, 0.25) is 0 Å². The molecule has 0 aromatic carbocycles. The lowest BCUT2D eigenvalue weighted by Gasteiger charge is -2.50. The van der Waals surface area contributed by atoms with Crippen molar-refractivity contribution in [2.45, 2.75) is 105 Å². The van der Waals surface area contributed by atoms with Crippen LogP contribution >= 0.6 is 0 Å². The van der Waals surface area contributed by atoms with Gasteiger partial charge in [0, 0.05) is 23.0 Å². The van der Waals surface area contributed by atoms with Crippen LogP contribution in [0.1, 0.15) is 70.5 Å². The van der Waals surface area contributed by atoms with Gasteiger partial charge in [0.05, 0.1) is 6.10 Å². The van der Waals surface area contributed by atoms with Gasteiger partial charge in [-0.1, -0.05) is 46.3 Å². The van der Waals surface area contributed by atoms with E-state index in [9.17, 15) is 0 Å². The Morgan fingerprint density at radius 3 is 2.31 bits per heavy atom. The molecule has 5 heteroatoms. The zero-order valence-corrected chi connectivity index (χ0v) is 22.6. The zero-order chi connectivity index (χ0) is 22.0. The summed E-state index contributed by atoms with van der Waals surface area (Å²) in [5, 5.41) is 0.137. The summed E-state index contributed by atoms with van der Waals surface area (Å²) in [4.78, 5) is 0. The second-order valence-electron chi connectivity index (χ2n) is 12.0. The van der Waals surface area contributed by atoms with E-state index in [2.05, 4.69) is 80.4 Å². The van der Waals surface area contributed by atoms with Gasteiger partial charge in [-0.2, -0.15) is 0 Å². The van der Waals surface area contributed by atoms with Crippen molar-refractivity contribution in [3.05, 3.63) is 28.5 Å². The average Bonchev–Trinajstić information content (AvgIpc) is 2.83. The van der Waals surface area contributed by atoms with Crippen LogP contribution in [0.4, 0.5) is 0 Å². The van der Waals surface area contributed by atoms with Gasteiger partial charge in [0.15, 0.2) is 8.32 Å². The Hall–Kier alpha value is -0.786. The lowest BCUT2D eigenvalue weighted by molar-refractivity contribution is 0.0199. The van der Waals surface area contributed by atoms with E-state index in [1.807, 2.05) is 0 Å². The fourth-order valence-electron chi connectivity index (χ4n) is 4.56. The van der Waals surface area contributed by atoms with Gasteiger partial charge in [-0.05, 0) is 63.5 Å². The van der Waals surface area contributed by atoms with E-state index in [1.165, 1.54) is 17.6 Å². The molecule has 0 spiro atoms. The van der Waals surface area contributed by atoms with Crippen molar-refractivity contribution in [1.29, 1.82) is 0 Å². The van der Waals surface area contributed by atoms with E-state index in [0.29, 0.717) is 5.92 Å². The third-order valence-corrected chi connectivity index (χ3v) is 13.0. The Bertz CT molecular complexity index is 807. The Labute approximate surface area is 180 Å². The lowest BCUT2D eigenvalue weighted by Crippen LogP contribution is -2.45. The summed E-state index contributed by atoms with van der Waals surface area (Å²) in [6.07, 6.45) is 5.79. The van der Waals surface area contributed by atoms with E-state index in [-0.39, 0.29) is 16.6 Å². The molecule has 3 rings (SSSR count). The third kappa shape index (κ3) is 3.95. The Morgan fingerprint density at radius 1 is 1.14 bits per heavy atom. The van der Waals surface area contributed by atoms with Gasteiger partial charge in [0.1, 0.15) is 5.76 Å². The largest absolute Gasteiger partial charge is 0.518 e. The third-order valence-electron chi connectivity index (χ3n) is 7.72. The highest BCUT2D eigenvalue weighted by Gasteiger charge is 2.52. The maximum atomic E-state index is 6.93. The summed E-state index contributed by atoms with van der Waals surface area (Å²) in [6, 6.07) is 0. The molecule has 0 aliphatic heterocycles. The molecule has 3 atom stereocenters. The summed E-state index contributed by atoms with van der Waals surface area (Å²) < 4.78 is 20.0. The minimum atomic E-state index is -1.97. The molecular weight excluding hydrogens is 392 g/mol. The number of furan rings is 1. The van der Waals surface area contributed by atoms with E-state index >= 15 is 0 Å². The van der Waals surface area contributed by atoms with Crippen LogP contribution in [0.2, 0.25) is 37.8 Å². The molecule has 0 saturated heterocycles. The Kier molecular flexibility index (Phi) is 5.63. The first-order valence-electron chi connectivity index (χ1n) is 11.3. The highest BCUT2D eigenvalue weighted by molar-refractivity contribution is 6.74. The number of rotatable bonds is 4. The van der Waals surface area contributed by atoms with Crippen molar-refractivity contribution < 1.29 is 13.3 Å². The molecule has 0 unspecified atom stereocenters. The lowest BCUT2D eigenvalue weighted by atomic mass is 9.59. The maximum absolute atomic E-state index is 6.93. The topological polar surface area (TPSA) is 31.6 Å². The first-order chi connectivity index (χ1) is 13.1. The van der Waals surface area contributed by atoms with Gasteiger partial charge in [-0.3, -0.25) is 0 Å². The van der Waals surface area contributed by atoms with Gasteiger partial charge in [0.25, 0.3) is 14.3 Å². The molecule has 0 radical (unpaired) electrons. The van der Waals surface area contributed by atoms with E-state index < -0.39 is 16.6 Å². The smallest absolute Gasteiger partial charge is 0.274 e. The average molecular weight is 435 g/mol. The summed E-state index contributed by atoms with van der Waals surface area (Å²) in [7, 11) is -3.73. The quantitative estimate of drug-likeness (QED) is 0.358.